The number of carbonyl (C=O) groups is 3. The second-order valence-corrected chi connectivity index (χ2v) is 12.2. The smallest absolute Gasteiger partial charge is 0.323 e. The summed E-state index contributed by atoms with van der Waals surface area (Å²) in [5.74, 6) is -2.41. The first-order valence-corrected chi connectivity index (χ1v) is 14.3. The molecule has 4 rings (SSSR count). The minimum absolute atomic E-state index is 0.00373. The van der Waals surface area contributed by atoms with Gasteiger partial charge in [-0.2, -0.15) is 9.04 Å². The minimum atomic E-state index is -4.28. The van der Waals surface area contributed by atoms with Crippen LogP contribution in [0.25, 0.3) is 11.0 Å². The van der Waals surface area contributed by atoms with E-state index in [1.54, 1.807) is 6.92 Å². The molecule has 0 spiro atoms. The molecule has 0 saturated carbocycles. The van der Waals surface area contributed by atoms with Gasteiger partial charge in [0.05, 0.1) is 12.6 Å². The van der Waals surface area contributed by atoms with E-state index in [0.717, 1.165) is 10.5 Å². The zero-order valence-electron chi connectivity index (χ0n) is 22.3. The Morgan fingerprint density at radius 2 is 1.95 bits per heavy atom. The van der Waals surface area contributed by atoms with Crippen LogP contribution in [0.5, 0.6) is 0 Å². The molecule has 3 aromatic rings. The molecule has 1 fully saturated rings. The van der Waals surface area contributed by atoms with E-state index in [4.69, 9.17) is 4.42 Å². The van der Waals surface area contributed by atoms with Crippen molar-refractivity contribution in [3.63, 3.8) is 0 Å². The Hall–Kier alpha value is -3.84. The highest BCUT2D eigenvalue weighted by atomic mass is 32.2. The molecule has 40 heavy (non-hydrogen) atoms. The third kappa shape index (κ3) is 6.31. The number of hydrogen-bond donors (Lipinski definition) is 2. The zero-order valence-corrected chi connectivity index (χ0v) is 23.1. The Bertz CT molecular complexity index is 1540. The number of ketones is 1. The van der Waals surface area contributed by atoms with Gasteiger partial charge in [-0.3, -0.25) is 14.4 Å². The number of amides is 2. The van der Waals surface area contributed by atoms with Crippen molar-refractivity contribution in [2.45, 2.75) is 63.2 Å². The van der Waals surface area contributed by atoms with E-state index in [0.29, 0.717) is 11.0 Å². The highest BCUT2D eigenvalue weighted by molar-refractivity contribution is 7.89. The van der Waals surface area contributed by atoms with E-state index in [-0.39, 0.29) is 35.7 Å². The van der Waals surface area contributed by atoms with Gasteiger partial charge in [0.2, 0.25) is 5.91 Å². The van der Waals surface area contributed by atoms with Gasteiger partial charge in [0.25, 0.3) is 5.91 Å². The van der Waals surface area contributed by atoms with Crippen molar-refractivity contribution < 1.29 is 36.3 Å². The number of halogens is 1. The Labute approximate surface area is 231 Å². The Balaban J connectivity index is 1.48. The number of nitrogens with zero attached hydrogens (tertiary/aromatic N) is 2. The number of pyridine rings is 1. The van der Waals surface area contributed by atoms with Gasteiger partial charge >= 0.3 is 15.0 Å². The van der Waals surface area contributed by atoms with E-state index < -0.39 is 63.1 Å². The van der Waals surface area contributed by atoms with Crippen molar-refractivity contribution in [1.82, 2.24) is 14.9 Å². The van der Waals surface area contributed by atoms with Crippen molar-refractivity contribution in [2.24, 2.45) is 5.92 Å². The fourth-order valence-electron chi connectivity index (χ4n) is 4.67. The van der Waals surface area contributed by atoms with Crippen molar-refractivity contribution in [3.8, 4) is 0 Å². The standard InChI is InChI=1S/C27H31FN4O7S/c1-16(2)12-21(30-27(35)24-14-18-13-19(28)8-10-23(18)39-24)26(34)29-20-9-7-17(3)32(15-22(20)33)40(37,38)25-6-4-5-11-31(25)36/h4-6,8,10-11,13-14,16-17,20-21H,7,9,12,15H2,1-3H3,(H,29,34)(H,30,35). The number of aromatic nitrogens is 1. The maximum absolute atomic E-state index is 13.5. The lowest BCUT2D eigenvalue weighted by Gasteiger charge is -2.24. The predicted octanol–water partition coefficient (Wildman–Crippen LogP) is 2.28. The molecule has 0 radical (unpaired) electrons. The molecule has 11 nitrogen and oxygen atoms in total. The van der Waals surface area contributed by atoms with Crippen molar-refractivity contribution in [1.29, 1.82) is 0 Å². The number of rotatable bonds is 8. The number of fused-ring (bicyclic) bond motifs is 1. The molecule has 1 aliphatic rings. The summed E-state index contributed by atoms with van der Waals surface area (Å²) in [7, 11) is -4.28. The van der Waals surface area contributed by atoms with Crippen LogP contribution < -0.4 is 15.4 Å². The number of Topliss-reactive ketones (excluding diaryl/α,β-unsaturated/α-hetero) is 1. The molecule has 3 atom stereocenters. The monoisotopic (exact) mass is 574 g/mol. The molecular formula is C27H31FN4O7S. The van der Waals surface area contributed by atoms with E-state index >= 15 is 0 Å². The number of sulfonamides is 1. The highest BCUT2D eigenvalue weighted by Gasteiger charge is 2.40. The number of furan rings is 1. The van der Waals surface area contributed by atoms with Gasteiger partial charge in [-0.1, -0.05) is 13.8 Å². The predicted molar refractivity (Wildman–Crippen MR) is 142 cm³/mol. The van der Waals surface area contributed by atoms with Gasteiger partial charge < -0.3 is 20.3 Å². The minimum Gasteiger partial charge on any atom is -0.618 e. The maximum Gasteiger partial charge on any atom is 0.323 e. The summed E-state index contributed by atoms with van der Waals surface area (Å²) in [6, 6.07) is 6.57. The third-order valence-electron chi connectivity index (χ3n) is 6.77. The molecule has 0 aliphatic carbocycles. The van der Waals surface area contributed by atoms with E-state index in [1.807, 2.05) is 13.8 Å². The molecule has 2 N–H and O–H groups in total. The lowest BCUT2D eigenvalue weighted by Crippen LogP contribution is -2.53. The fourth-order valence-corrected chi connectivity index (χ4v) is 6.33. The third-order valence-corrected chi connectivity index (χ3v) is 8.73. The van der Waals surface area contributed by atoms with Crippen LogP contribution in [-0.2, 0) is 19.6 Å². The van der Waals surface area contributed by atoms with Crippen LogP contribution >= 0.6 is 0 Å². The lowest BCUT2D eigenvalue weighted by atomic mass is 10.0. The van der Waals surface area contributed by atoms with Crippen LogP contribution in [0.15, 0.2) is 58.1 Å². The van der Waals surface area contributed by atoms with Crippen molar-refractivity contribution in [3.05, 3.63) is 65.4 Å². The molecule has 3 heterocycles. The molecule has 2 aromatic heterocycles. The SMILES string of the molecule is CC(C)CC(NC(=O)c1cc2cc(F)ccc2o1)C(=O)NC1CCC(C)N(S(=O)(=O)c2cccc[n+]2[O-])CC1=O. The second kappa shape index (κ2) is 11.7. The van der Waals surface area contributed by atoms with E-state index in [2.05, 4.69) is 10.6 Å². The molecule has 13 heteroatoms. The van der Waals surface area contributed by atoms with Crippen LogP contribution in [0.3, 0.4) is 0 Å². The average molecular weight is 575 g/mol. The van der Waals surface area contributed by atoms with Crippen LogP contribution in [0, 0.1) is 16.9 Å². The summed E-state index contributed by atoms with van der Waals surface area (Å²) < 4.78 is 46.6. The largest absolute Gasteiger partial charge is 0.618 e. The summed E-state index contributed by atoms with van der Waals surface area (Å²) in [6.45, 7) is 4.83. The molecule has 214 valence electrons. The summed E-state index contributed by atoms with van der Waals surface area (Å²) in [5.41, 5.74) is 0.312. The molecule has 3 unspecified atom stereocenters. The zero-order chi connectivity index (χ0) is 29.2. The average Bonchev–Trinajstić information content (AvgIpc) is 3.25. The first-order valence-electron chi connectivity index (χ1n) is 12.9. The van der Waals surface area contributed by atoms with Gasteiger partial charge in [0.15, 0.2) is 17.7 Å². The second-order valence-electron chi connectivity index (χ2n) is 10.3. The van der Waals surface area contributed by atoms with Gasteiger partial charge in [0, 0.05) is 23.6 Å². The lowest BCUT2D eigenvalue weighted by molar-refractivity contribution is -0.646. The van der Waals surface area contributed by atoms with Gasteiger partial charge in [-0.05, 0) is 62.4 Å². The highest BCUT2D eigenvalue weighted by Crippen LogP contribution is 2.23. The Morgan fingerprint density at radius 1 is 1.20 bits per heavy atom. The first kappa shape index (κ1) is 29.2. The molecule has 1 aromatic carbocycles. The molecular weight excluding hydrogens is 543 g/mol. The van der Waals surface area contributed by atoms with Gasteiger partial charge in [-0.25, -0.2) is 12.8 Å². The number of hydrogen-bond acceptors (Lipinski definition) is 7. The van der Waals surface area contributed by atoms with Crippen molar-refractivity contribution in [2.75, 3.05) is 6.54 Å². The number of carbonyl (C=O) groups excluding carboxylic acids is 3. The first-order chi connectivity index (χ1) is 18.9. The summed E-state index contributed by atoms with van der Waals surface area (Å²) >= 11 is 0. The number of benzene rings is 1. The quantitative estimate of drug-likeness (QED) is 0.309. The maximum atomic E-state index is 13.5. The van der Waals surface area contributed by atoms with E-state index in [9.17, 15) is 32.4 Å². The normalized spacial score (nSPS) is 19.4. The fraction of sp³-hybridized carbons (Fsp3) is 0.407. The van der Waals surface area contributed by atoms with Crippen LogP contribution in [0.1, 0.15) is 50.6 Å². The molecule has 1 aliphatic heterocycles. The number of nitrogens with one attached hydrogen (secondary N) is 2. The van der Waals surface area contributed by atoms with Gasteiger partial charge in [-0.15, -0.1) is 0 Å². The Morgan fingerprint density at radius 3 is 2.65 bits per heavy atom. The van der Waals surface area contributed by atoms with Gasteiger partial charge in [0.1, 0.15) is 17.4 Å². The Kier molecular flexibility index (Phi) is 8.54. The van der Waals surface area contributed by atoms with Crippen LogP contribution in [-0.4, -0.2) is 55.0 Å². The van der Waals surface area contributed by atoms with Crippen molar-refractivity contribution >= 4 is 38.6 Å². The molecule has 0 bridgehead atoms. The van der Waals surface area contributed by atoms with Crippen LogP contribution in [0.2, 0.25) is 0 Å². The van der Waals surface area contributed by atoms with E-state index in [1.165, 1.54) is 42.5 Å². The molecule has 2 amide bonds. The summed E-state index contributed by atoms with van der Waals surface area (Å²) in [6.07, 6.45) is 1.73. The van der Waals surface area contributed by atoms with Crippen LogP contribution in [0.4, 0.5) is 4.39 Å². The topological polar surface area (TPSA) is 153 Å². The summed E-state index contributed by atoms with van der Waals surface area (Å²) in [5, 5.41) is 17.3. The summed E-state index contributed by atoms with van der Waals surface area (Å²) in [4.78, 5) is 39.3. The molecule has 1 saturated heterocycles.